The fourth-order valence-corrected chi connectivity index (χ4v) is 2.89. The number of rotatable bonds is 5. The fourth-order valence-electron chi connectivity index (χ4n) is 2.89. The molecule has 2 heterocycles. The highest BCUT2D eigenvalue weighted by Crippen LogP contribution is 2.39. The van der Waals surface area contributed by atoms with Crippen molar-refractivity contribution in [3.63, 3.8) is 0 Å². The van der Waals surface area contributed by atoms with E-state index < -0.39 is 0 Å². The van der Waals surface area contributed by atoms with Crippen LogP contribution in [0.2, 0.25) is 0 Å². The number of aromatic amines is 1. The van der Waals surface area contributed by atoms with Crippen molar-refractivity contribution < 1.29 is 4.79 Å². The minimum absolute atomic E-state index is 0.0446. The maximum atomic E-state index is 12.2. The van der Waals surface area contributed by atoms with E-state index in [0.29, 0.717) is 18.2 Å². The molecule has 6 nitrogen and oxygen atoms in total. The van der Waals surface area contributed by atoms with Crippen LogP contribution in [0.4, 0.5) is 5.82 Å². The van der Waals surface area contributed by atoms with Gasteiger partial charge < -0.3 is 10.6 Å². The fraction of sp³-hybridized carbons (Fsp3) is 0.333. The van der Waals surface area contributed by atoms with Gasteiger partial charge in [-0.3, -0.25) is 15.2 Å². The molecule has 2 aromatic rings. The summed E-state index contributed by atoms with van der Waals surface area (Å²) in [6, 6.07) is 10.1. The van der Waals surface area contributed by atoms with Gasteiger partial charge in [0.15, 0.2) is 5.82 Å². The van der Waals surface area contributed by atoms with Gasteiger partial charge in [0.2, 0.25) is 5.91 Å². The van der Waals surface area contributed by atoms with Crippen molar-refractivity contribution in [1.82, 2.24) is 20.8 Å². The predicted molar refractivity (Wildman–Crippen MR) is 93.3 cm³/mol. The van der Waals surface area contributed by atoms with Gasteiger partial charge in [-0.05, 0) is 29.5 Å². The third kappa shape index (κ3) is 3.49. The summed E-state index contributed by atoms with van der Waals surface area (Å²) in [4.78, 5) is 12.2. The van der Waals surface area contributed by atoms with Gasteiger partial charge in [0.25, 0.3) is 0 Å². The number of nitrogens with one attached hydrogen (secondary N) is 4. The molecule has 0 spiro atoms. The Labute approximate surface area is 140 Å². The Morgan fingerprint density at radius 2 is 2.08 bits per heavy atom. The molecule has 4 rings (SSSR count). The largest absolute Gasteiger partial charge is 0.378 e. The lowest BCUT2D eigenvalue weighted by Gasteiger charge is -2.16. The number of H-pyrrole nitrogens is 1. The minimum atomic E-state index is -0.0446. The molecule has 0 radical (unpaired) electrons. The van der Waals surface area contributed by atoms with Crippen molar-refractivity contribution in [2.75, 3.05) is 18.5 Å². The third-order valence-corrected chi connectivity index (χ3v) is 4.39. The van der Waals surface area contributed by atoms with Gasteiger partial charge in [-0.25, -0.2) is 0 Å². The Morgan fingerprint density at radius 1 is 1.25 bits per heavy atom. The number of anilines is 1. The quantitative estimate of drug-likeness (QED) is 0.678. The van der Waals surface area contributed by atoms with E-state index in [0.717, 1.165) is 24.5 Å². The number of hydrogen-bond acceptors (Lipinski definition) is 4. The molecule has 4 N–H and O–H groups in total. The van der Waals surface area contributed by atoms with E-state index in [-0.39, 0.29) is 5.91 Å². The molecule has 0 saturated heterocycles. The van der Waals surface area contributed by atoms with Gasteiger partial charge in [-0.2, -0.15) is 5.10 Å². The second-order valence-electron chi connectivity index (χ2n) is 6.38. The first-order valence-corrected chi connectivity index (χ1v) is 8.35. The first-order valence-electron chi connectivity index (χ1n) is 8.35. The standard InChI is InChI=1S/C18H21N5O/c24-18(21-17-8-16(22-23-17)14-5-6-14)7-12-1-3-13(4-2-12)15-9-19-11-20-10-15/h1-4,8-9,14,19-20H,5-7,10-11H2,(H2,21,22,23,24). The molecule has 1 aliphatic carbocycles. The summed E-state index contributed by atoms with van der Waals surface area (Å²) in [5, 5.41) is 16.5. The topological polar surface area (TPSA) is 81.8 Å². The van der Waals surface area contributed by atoms with Gasteiger partial charge in [0.1, 0.15) is 0 Å². The molecule has 6 heteroatoms. The van der Waals surface area contributed by atoms with Gasteiger partial charge in [-0.15, -0.1) is 0 Å². The SMILES string of the molecule is O=C(Cc1ccc(C2=CNCNC2)cc1)Nc1cc(C2CC2)[nH]n1. The van der Waals surface area contributed by atoms with Crippen molar-refractivity contribution in [1.29, 1.82) is 0 Å². The van der Waals surface area contributed by atoms with Crippen LogP contribution in [0, 0.1) is 0 Å². The molecule has 0 atom stereocenters. The molecule has 1 amide bonds. The number of aromatic nitrogens is 2. The summed E-state index contributed by atoms with van der Waals surface area (Å²) in [6.07, 6.45) is 4.81. The average Bonchev–Trinajstić information content (AvgIpc) is 3.36. The molecule has 124 valence electrons. The first kappa shape index (κ1) is 15.0. The summed E-state index contributed by atoms with van der Waals surface area (Å²) in [5.41, 5.74) is 4.51. The highest BCUT2D eigenvalue weighted by molar-refractivity contribution is 5.91. The smallest absolute Gasteiger partial charge is 0.229 e. The summed E-state index contributed by atoms with van der Waals surface area (Å²) >= 11 is 0. The molecule has 1 saturated carbocycles. The van der Waals surface area contributed by atoms with E-state index in [1.807, 2.05) is 24.4 Å². The Balaban J connectivity index is 1.35. The highest BCUT2D eigenvalue weighted by Gasteiger charge is 2.25. The molecule has 0 bridgehead atoms. The van der Waals surface area contributed by atoms with Crippen LogP contribution < -0.4 is 16.0 Å². The van der Waals surface area contributed by atoms with Crippen LogP contribution >= 0.6 is 0 Å². The van der Waals surface area contributed by atoms with Crippen LogP contribution in [-0.2, 0) is 11.2 Å². The number of carbonyl (C=O) groups is 1. The van der Waals surface area contributed by atoms with Crippen LogP contribution in [0.5, 0.6) is 0 Å². The first-order chi connectivity index (χ1) is 11.8. The van der Waals surface area contributed by atoms with Crippen LogP contribution in [-0.4, -0.2) is 29.3 Å². The summed E-state index contributed by atoms with van der Waals surface area (Å²) in [5.74, 6) is 1.17. The lowest BCUT2D eigenvalue weighted by molar-refractivity contribution is -0.115. The summed E-state index contributed by atoms with van der Waals surface area (Å²) < 4.78 is 0. The maximum Gasteiger partial charge on any atom is 0.229 e. The Kier molecular flexibility index (Phi) is 4.04. The predicted octanol–water partition coefficient (Wildman–Crippen LogP) is 1.96. The molecular formula is C18H21N5O. The van der Waals surface area contributed by atoms with Crippen LogP contribution in [0.1, 0.15) is 35.6 Å². The zero-order valence-corrected chi connectivity index (χ0v) is 13.4. The molecule has 1 fully saturated rings. The molecule has 24 heavy (non-hydrogen) atoms. The Bertz CT molecular complexity index is 758. The number of benzene rings is 1. The van der Waals surface area contributed by atoms with Crippen molar-refractivity contribution in [2.24, 2.45) is 0 Å². The minimum Gasteiger partial charge on any atom is -0.378 e. The second kappa shape index (κ2) is 6.49. The van der Waals surface area contributed by atoms with Crippen molar-refractivity contribution in [3.05, 3.63) is 53.4 Å². The second-order valence-corrected chi connectivity index (χ2v) is 6.38. The average molecular weight is 323 g/mol. The lowest BCUT2D eigenvalue weighted by atomic mass is 10.0. The van der Waals surface area contributed by atoms with E-state index in [2.05, 4.69) is 38.3 Å². The van der Waals surface area contributed by atoms with Gasteiger partial charge in [-0.1, -0.05) is 24.3 Å². The molecule has 0 unspecified atom stereocenters. The van der Waals surface area contributed by atoms with Crippen LogP contribution in [0.15, 0.2) is 36.5 Å². The normalized spacial score (nSPS) is 17.1. The molecular weight excluding hydrogens is 302 g/mol. The summed E-state index contributed by atoms with van der Waals surface area (Å²) in [7, 11) is 0. The van der Waals surface area contributed by atoms with Crippen molar-refractivity contribution in [2.45, 2.75) is 25.2 Å². The van der Waals surface area contributed by atoms with Crippen LogP contribution in [0.25, 0.3) is 5.57 Å². The number of amides is 1. The molecule has 2 aliphatic rings. The zero-order valence-electron chi connectivity index (χ0n) is 13.4. The number of nitrogens with zero attached hydrogens (tertiary/aromatic N) is 1. The van der Waals surface area contributed by atoms with E-state index in [9.17, 15) is 4.79 Å². The Morgan fingerprint density at radius 3 is 2.79 bits per heavy atom. The molecule has 1 aliphatic heterocycles. The summed E-state index contributed by atoms with van der Waals surface area (Å²) in [6.45, 7) is 1.66. The highest BCUT2D eigenvalue weighted by atomic mass is 16.1. The van der Waals surface area contributed by atoms with E-state index in [1.54, 1.807) is 0 Å². The van der Waals surface area contributed by atoms with E-state index >= 15 is 0 Å². The molecule has 1 aromatic heterocycles. The number of carbonyl (C=O) groups excluding carboxylic acids is 1. The van der Waals surface area contributed by atoms with Crippen molar-refractivity contribution >= 4 is 17.3 Å². The number of hydrogen-bond donors (Lipinski definition) is 4. The lowest BCUT2D eigenvalue weighted by Crippen LogP contribution is -2.31. The van der Waals surface area contributed by atoms with Crippen molar-refractivity contribution in [3.8, 4) is 0 Å². The van der Waals surface area contributed by atoms with Gasteiger partial charge in [0.05, 0.1) is 13.1 Å². The third-order valence-electron chi connectivity index (χ3n) is 4.39. The van der Waals surface area contributed by atoms with E-state index in [4.69, 9.17) is 0 Å². The van der Waals surface area contributed by atoms with Gasteiger partial charge >= 0.3 is 0 Å². The van der Waals surface area contributed by atoms with Gasteiger partial charge in [0, 0.05) is 30.4 Å². The monoisotopic (exact) mass is 323 g/mol. The Hall–Kier alpha value is -2.60. The van der Waals surface area contributed by atoms with Crippen LogP contribution in [0.3, 0.4) is 0 Å². The zero-order chi connectivity index (χ0) is 16.4. The maximum absolute atomic E-state index is 12.2. The van der Waals surface area contributed by atoms with E-state index in [1.165, 1.54) is 24.0 Å². The molecule has 1 aromatic carbocycles.